The number of thiophene rings is 1. The van der Waals surface area contributed by atoms with E-state index in [9.17, 15) is 0 Å². The van der Waals surface area contributed by atoms with Crippen LogP contribution in [0, 0.1) is 0 Å². The third kappa shape index (κ3) is 6.24. The van der Waals surface area contributed by atoms with Gasteiger partial charge in [0.05, 0.1) is 33.8 Å². The maximum absolute atomic E-state index is 5.32. The van der Waals surface area contributed by atoms with E-state index in [2.05, 4.69) is 193 Å². The van der Waals surface area contributed by atoms with E-state index in [1.807, 2.05) is 35.6 Å². The monoisotopic (exact) mass is 809 g/mol. The van der Waals surface area contributed by atoms with Gasteiger partial charge in [0.25, 0.3) is 0 Å². The number of hydrogen-bond acceptors (Lipinski definition) is 5. The highest BCUT2D eigenvalue weighted by Crippen LogP contribution is 2.44. The number of hydrogen-bond donors (Lipinski definition) is 0. The van der Waals surface area contributed by atoms with Crippen LogP contribution >= 0.6 is 11.3 Å². The molecule has 0 radical (unpaired) electrons. The lowest BCUT2D eigenvalue weighted by molar-refractivity contribution is 1.14. The number of rotatable bonds is 7. The van der Waals surface area contributed by atoms with Gasteiger partial charge >= 0.3 is 0 Å². The molecule has 4 heterocycles. The zero-order valence-corrected chi connectivity index (χ0v) is 34.2. The van der Waals surface area contributed by atoms with Crippen molar-refractivity contribution in [2.75, 3.05) is 0 Å². The Morgan fingerprint density at radius 1 is 0.306 bits per heavy atom. The number of para-hydroxylation sites is 1. The van der Waals surface area contributed by atoms with Gasteiger partial charge in [0, 0.05) is 70.0 Å². The number of aromatic nitrogens is 5. The molecule has 8 aromatic carbocycles. The minimum atomic E-state index is 0.614. The van der Waals surface area contributed by atoms with Crippen LogP contribution in [0.4, 0.5) is 0 Å². The lowest BCUT2D eigenvalue weighted by Gasteiger charge is -2.15. The minimum Gasteiger partial charge on any atom is -0.309 e. The quantitative estimate of drug-likeness (QED) is 0.161. The SMILES string of the molecule is c1ccc(-c2cc(-c3ccccc3)nc(-c3cc(-c4nc(-c5ccccc5)cc(-c5ccccc5)n4)cc(-n4c5ccccc5c5c6c(ccc54)sc4ccccc46)c3)n2)cc1. The van der Waals surface area contributed by atoms with Crippen molar-refractivity contribution in [2.24, 2.45) is 0 Å². The molecule has 0 atom stereocenters. The van der Waals surface area contributed by atoms with Crippen molar-refractivity contribution in [1.29, 1.82) is 0 Å². The summed E-state index contributed by atoms with van der Waals surface area (Å²) < 4.78 is 4.95. The van der Waals surface area contributed by atoms with Crippen molar-refractivity contribution in [3.63, 3.8) is 0 Å². The average Bonchev–Trinajstić information content (AvgIpc) is 3.90. The second kappa shape index (κ2) is 14.9. The summed E-state index contributed by atoms with van der Waals surface area (Å²) in [5.74, 6) is 1.23. The molecule has 0 aliphatic heterocycles. The Balaban J connectivity index is 1.17. The number of fused-ring (bicyclic) bond motifs is 7. The van der Waals surface area contributed by atoms with Crippen LogP contribution in [-0.4, -0.2) is 24.5 Å². The number of benzene rings is 8. The number of nitrogens with zero attached hydrogens (tertiary/aromatic N) is 5. The largest absolute Gasteiger partial charge is 0.309 e. The molecule has 0 fully saturated rings. The van der Waals surface area contributed by atoms with Crippen LogP contribution in [0.1, 0.15) is 0 Å². The molecule has 290 valence electrons. The molecule has 0 amide bonds. The molecule has 12 rings (SSSR count). The molecule has 6 heteroatoms. The molecule has 0 saturated heterocycles. The minimum absolute atomic E-state index is 0.614. The first-order valence-electron chi connectivity index (χ1n) is 20.7. The fraction of sp³-hybridized carbons (Fsp3) is 0. The van der Waals surface area contributed by atoms with E-state index < -0.39 is 0 Å². The lowest BCUT2D eigenvalue weighted by Crippen LogP contribution is -2.01. The molecule has 0 aliphatic rings. The van der Waals surface area contributed by atoms with Crippen LogP contribution in [0.2, 0.25) is 0 Å². The summed E-state index contributed by atoms with van der Waals surface area (Å²) in [7, 11) is 0. The van der Waals surface area contributed by atoms with Gasteiger partial charge in [-0.1, -0.05) is 158 Å². The van der Waals surface area contributed by atoms with Crippen LogP contribution in [0.25, 0.3) is 115 Å². The van der Waals surface area contributed by atoms with Gasteiger partial charge in [0.15, 0.2) is 11.6 Å². The molecule has 4 aromatic heterocycles. The van der Waals surface area contributed by atoms with Gasteiger partial charge in [0.2, 0.25) is 0 Å². The molecule has 62 heavy (non-hydrogen) atoms. The Hall–Kier alpha value is -8.06. The summed E-state index contributed by atoms with van der Waals surface area (Å²) in [6.07, 6.45) is 0. The van der Waals surface area contributed by atoms with Crippen LogP contribution < -0.4 is 0 Å². The first-order valence-corrected chi connectivity index (χ1v) is 21.5. The van der Waals surface area contributed by atoms with E-state index in [-0.39, 0.29) is 0 Å². The summed E-state index contributed by atoms with van der Waals surface area (Å²) in [4.78, 5) is 21.3. The fourth-order valence-electron chi connectivity index (χ4n) is 8.73. The van der Waals surface area contributed by atoms with Gasteiger partial charge in [-0.3, -0.25) is 0 Å². The Labute approximate surface area is 361 Å². The molecule has 0 unspecified atom stereocenters. The lowest BCUT2D eigenvalue weighted by atomic mass is 10.0. The van der Waals surface area contributed by atoms with Gasteiger partial charge in [-0.2, -0.15) is 0 Å². The normalized spacial score (nSPS) is 11.5. The molecule has 12 aromatic rings. The van der Waals surface area contributed by atoms with E-state index in [1.54, 1.807) is 0 Å². The first kappa shape index (κ1) is 35.8. The summed E-state index contributed by atoms with van der Waals surface area (Å²) in [6.45, 7) is 0. The second-order valence-electron chi connectivity index (χ2n) is 15.4. The molecule has 0 saturated carbocycles. The Bertz CT molecular complexity index is 3360. The molecule has 0 spiro atoms. The zero-order valence-electron chi connectivity index (χ0n) is 33.4. The predicted octanol–water partition coefficient (Wildman–Crippen LogP) is 14.7. The standard InChI is InChI=1S/C56H35N5S/c1-5-17-36(18-6-1)45-34-46(37-19-7-2-8-20-37)58-55(57-45)40-31-41(56-59-47(38-21-9-3-10-22-38)35-48(60-56)39-23-11-4-12-24-39)33-42(32-40)61-49-27-15-13-25-43(49)53-50(61)29-30-52-54(53)44-26-14-16-28-51(44)62-52/h1-35H. The van der Waals surface area contributed by atoms with Gasteiger partial charge in [-0.15, -0.1) is 11.3 Å². The summed E-state index contributed by atoms with van der Waals surface area (Å²) in [5.41, 5.74) is 12.4. The molecular formula is C56H35N5S. The average molecular weight is 810 g/mol. The van der Waals surface area contributed by atoms with Gasteiger partial charge in [-0.25, -0.2) is 19.9 Å². The van der Waals surface area contributed by atoms with Crippen molar-refractivity contribution in [3.8, 4) is 73.5 Å². The summed E-state index contributed by atoms with van der Waals surface area (Å²) >= 11 is 1.85. The van der Waals surface area contributed by atoms with Crippen molar-refractivity contribution < 1.29 is 0 Å². The highest BCUT2D eigenvalue weighted by molar-refractivity contribution is 7.26. The summed E-state index contributed by atoms with van der Waals surface area (Å²) in [6, 6.07) is 74.2. The first-order chi connectivity index (χ1) is 30.7. The molecule has 5 nitrogen and oxygen atoms in total. The van der Waals surface area contributed by atoms with Gasteiger partial charge < -0.3 is 4.57 Å². The van der Waals surface area contributed by atoms with E-state index in [0.29, 0.717) is 11.6 Å². The van der Waals surface area contributed by atoms with Crippen LogP contribution in [0.3, 0.4) is 0 Å². The zero-order chi connectivity index (χ0) is 41.0. The Kier molecular flexibility index (Phi) is 8.61. The van der Waals surface area contributed by atoms with Crippen molar-refractivity contribution in [3.05, 3.63) is 212 Å². The highest BCUT2D eigenvalue weighted by Gasteiger charge is 2.21. The van der Waals surface area contributed by atoms with Crippen molar-refractivity contribution >= 4 is 53.3 Å². The van der Waals surface area contributed by atoms with Crippen LogP contribution in [-0.2, 0) is 0 Å². The van der Waals surface area contributed by atoms with E-state index in [4.69, 9.17) is 19.9 Å². The molecule has 0 N–H and O–H groups in total. The fourth-order valence-corrected chi connectivity index (χ4v) is 9.84. The Morgan fingerprint density at radius 2 is 0.742 bits per heavy atom. The van der Waals surface area contributed by atoms with Crippen molar-refractivity contribution in [2.45, 2.75) is 0 Å². The maximum atomic E-state index is 5.32. The van der Waals surface area contributed by atoms with Gasteiger partial charge in [0.1, 0.15) is 0 Å². The van der Waals surface area contributed by atoms with Gasteiger partial charge in [-0.05, 0) is 54.6 Å². The third-order valence-corrected chi connectivity index (χ3v) is 12.7. The topological polar surface area (TPSA) is 56.5 Å². The third-order valence-electron chi connectivity index (χ3n) is 11.6. The van der Waals surface area contributed by atoms with Crippen LogP contribution in [0.5, 0.6) is 0 Å². The molecular weight excluding hydrogens is 775 g/mol. The smallest absolute Gasteiger partial charge is 0.160 e. The van der Waals surface area contributed by atoms with E-state index in [1.165, 1.54) is 30.9 Å². The van der Waals surface area contributed by atoms with Crippen molar-refractivity contribution in [1.82, 2.24) is 24.5 Å². The van der Waals surface area contributed by atoms with E-state index in [0.717, 1.165) is 72.9 Å². The summed E-state index contributed by atoms with van der Waals surface area (Å²) in [5, 5.41) is 5.00. The van der Waals surface area contributed by atoms with Crippen LogP contribution in [0.15, 0.2) is 212 Å². The highest BCUT2D eigenvalue weighted by atomic mass is 32.1. The van der Waals surface area contributed by atoms with E-state index >= 15 is 0 Å². The maximum Gasteiger partial charge on any atom is 0.160 e. The Morgan fingerprint density at radius 3 is 1.24 bits per heavy atom. The molecule has 0 bridgehead atoms. The molecule has 0 aliphatic carbocycles. The predicted molar refractivity (Wildman–Crippen MR) is 257 cm³/mol. The second-order valence-corrected chi connectivity index (χ2v) is 16.5.